The molecule has 1 aromatic carbocycles. The molecule has 152 valence electrons. The molecule has 3 unspecified atom stereocenters. The Bertz CT molecular complexity index is 779. The number of nitrogens with one attached hydrogen (secondary N) is 1. The molecule has 1 aliphatic rings. The lowest BCUT2D eigenvalue weighted by atomic mass is 9.86. The van der Waals surface area contributed by atoms with Gasteiger partial charge in [-0.15, -0.1) is 6.42 Å². The van der Waals surface area contributed by atoms with Gasteiger partial charge in [0, 0.05) is 30.6 Å². The van der Waals surface area contributed by atoms with Crippen molar-refractivity contribution in [2.75, 3.05) is 13.7 Å². The van der Waals surface area contributed by atoms with Crippen molar-refractivity contribution >= 4 is 11.8 Å². The van der Waals surface area contributed by atoms with Crippen LogP contribution < -0.4 is 15.8 Å². The van der Waals surface area contributed by atoms with E-state index in [0.717, 1.165) is 5.56 Å². The van der Waals surface area contributed by atoms with Crippen LogP contribution in [0, 0.1) is 17.8 Å². The highest BCUT2D eigenvalue weighted by Crippen LogP contribution is 2.25. The Morgan fingerprint density at radius 1 is 1.46 bits per heavy atom. The van der Waals surface area contributed by atoms with E-state index in [1.54, 1.807) is 18.2 Å². The average Bonchev–Trinajstić information content (AvgIpc) is 3.05. The van der Waals surface area contributed by atoms with Crippen molar-refractivity contribution in [3.8, 4) is 18.1 Å². The van der Waals surface area contributed by atoms with E-state index in [1.807, 2.05) is 20.8 Å². The third-order valence-corrected chi connectivity index (χ3v) is 4.97. The van der Waals surface area contributed by atoms with E-state index in [2.05, 4.69) is 11.2 Å². The van der Waals surface area contributed by atoms with Crippen LogP contribution >= 0.6 is 0 Å². The number of aliphatic hydroxyl groups is 1. The molecule has 0 saturated carbocycles. The van der Waals surface area contributed by atoms with E-state index < -0.39 is 23.6 Å². The SMILES string of the molecule is C#Cc1ccc(CNC(=O)C2CC(O)CN2C(=O)C(N)C(C)(C)C)c(OC)c1. The summed E-state index contributed by atoms with van der Waals surface area (Å²) in [5, 5.41) is 12.8. The second kappa shape index (κ2) is 8.63. The standard InChI is InChI=1S/C21H29N3O4/c1-6-13-7-8-14(17(9-13)28-5)11-23-19(26)16-10-15(25)12-24(16)20(27)18(22)21(2,3)4/h1,7-9,15-16,18,25H,10-12,22H2,2-5H3,(H,23,26). The number of methoxy groups -OCH3 is 1. The number of amides is 2. The molecule has 0 bridgehead atoms. The first-order valence-corrected chi connectivity index (χ1v) is 9.23. The molecule has 2 amide bonds. The van der Waals surface area contributed by atoms with Gasteiger partial charge in [0.1, 0.15) is 11.8 Å². The number of carbonyl (C=O) groups is 2. The number of hydrogen-bond acceptors (Lipinski definition) is 5. The number of nitrogens with two attached hydrogens (primary N) is 1. The van der Waals surface area contributed by atoms with Crippen LogP contribution in [0.2, 0.25) is 0 Å². The average molecular weight is 387 g/mol. The largest absolute Gasteiger partial charge is 0.496 e. The molecule has 1 aliphatic heterocycles. The molecule has 1 fully saturated rings. The fourth-order valence-electron chi connectivity index (χ4n) is 3.14. The second-order valence-corrected chi connectivity index (χ2v) is 8.13. The van der Waals surface area contributed by atoms with Crippen molar-refractivity contribution < 1.29 is 19.4 Å². The minimum atomic E-state index is -0.760. The maximum absolute atomic E-state index is 12.8. The van der Waals surface area contributed by atoms with Gasteiger partial charge in [-0.2, -0.15) is 0 Å². The Labute approximate surface area is 166 Å². The van der Waals surface area contributed by atoms with Crippen molar-refractivity contribution in [1.29, 1.82) is 0 Å². The molecule has 1 saturated heterocycles. The van der Waals surface area contributed by atoms with Crippen LogP contribution in [0.15, 0.2) is 18.2 Å². The number of aliphatic hydroxyl groups excluding tert-OH is 1. The first-order valence-electron chi connectivity index (χ1n) is 9.23. The molecule has 2 rings (SSSR count). The number of carbonyl (C=O) groups excluding carboxylic acids is 2. The summed E-state index contributed by atoms with van der Waals surface area (Å²) in [6.45, 7) is 5.91. The van der Waals surface area contributed by atoms with Gasteiger partial charge in [0.05, 0.1) is 19.3 Å². The molecule has 0 spiro atoms. The predicted molar refractivity (Wildman–Crippen MR) is 106 cm³/mol. The number of nitrogens with zero attached hydrogens (tertiary/aromatic N) is 1. The number of rotatable bonds is 5. The van der Waals surface area contributed by atoms with Gasteiger partial charge in [0.2, 0.25) is 11.8 Å². The van der Waals surface area contributed by atoms with Crippen LogP contribution in [0.1, 0.15) is 38.3 Å². The number of ether oxygens (including phenoxy) is 1. The summed E-state index contributed by atoms with van der Waals surface area (Å²) in [5.41, 5.74) is 7.07. The maximum atomic E-state index is 12.8. The molecule has 0 aromatic heterocycles. The van der Waals surface area contributed by atoms with Crippen molar-refractivity contribution in [1.82, 2.24) is 10.2 Å². The Morgan fingerprint density at radius 3 is 2.71 bits per heavy atom. The molecule has 7 nitrogen and oxygen atoms in total. The number of benzene rings is 1. The summed E-state index contributed by atoms with van der Waals surface area (Å²) in [7, 11) is 1.53. The molecule has 1 aromatic rings. The van der Waals surface area contributed by atoms with E-state index in [4.69, 9.17) is 16.9 Å². The number of terminal acetylenes is 1. The smallest absolute Gasteiger partial charge is 0.243 e. The highest BCUT2D eigenvalue weighted by Gasteiger charge is 2.42. The third-order valence-electron chi connectivity index (χ3n) is 4.97. The normalized spacial score (nSPS) is 20.4. The fourth-order valence-corrected chi connectivity index (χ4v) is 3.14. The van der Waals surface area contributed by atoms with Crippen LogP contribution in [0.3, 0.4) is 0 Å². The fraction of sp³-hybridized carbons (Fsp3) is 0.524. The van der Waals surface area contributed by atoms with Gasteiger partial charge in [-0.25, -0.2) is 0 Å². The molecule has 7 heteroatoms. The monoisotopic (exact) mass is 387 g/mol. The van der Waals surface area contributed by atoms with E-state index in [0.29, 0.717) is 11.3 Å². The summed E-state index contributed by atoms with van der Waals surface area (Å²) in [5.74, 6) is 2.44. The minimum Gasteiger partial charge on any atom is -0.496 e. The van der Waals surface area contributed by atoms with Gasteiger partial charge < -0.3 is 25.8 Å². The summed E-state index contributed by atoms with van der Waals surface area (Å²) >= 11 is 0. The van der Waals surface area contributed by atoms with Gasteiger partial charge in [-0.05, 0) is 17.5 Å². The summed E-state index contributed by atoms with van der Waals surface area (Å²) in [6, 6.07) is 3.76. The molecule has 4 N–H and O–H groups in total. The third kappa shape index (κ3) is 4.83. The maximum Gasteiger partial charge on any atom is 0.243 e. The molecule has 0 radical (unpaired) electrons. The van der Waals surface area contributed by atoms with Gasteiger partial charge in [-0.3, -0.25) is 9.59 Å². The van der Waals surface area contributed by atoms with Gasteiger partial charge in [0.15, 0.2) is 0 Å². The summed E-state index contributed by atoms with van der Waals surface area (Å²) in [4.78, 5) is 26.9. The van der Waals surface area contributed by atoms with Gasteiger partial charge >= 0.3 is 0 Å². The molecule has 1 heterocycles. The molecule has 28 heavy (non-hydrogen) atoms. The van der Waals surface area contributed by atoms with Crippen LogP contribution in [0.5, 0.6) is 5.75 Å². The quantitative estimate of drug-likeness (QED) is 0.643. The minimum absolute atomic E-state index is 0.0981. The van der Waals surface area contributed by atoms with Crippen molar-refractivity contribution in [3.05, 3.63) is 29.3 Å². The molecular weight excluding hydrogens is 358 g/mol. The highest BCUT2D eigenvalue weighted by atomic mass is 16.5. The Hall–Kier alpha value is -2.56. The molecule has 0 aliphatic carbocycles. The van der Waals surface area contributed by atoms with Crippen molar-refractivity contribution in [2.45, 2.75) is 51.9 Å². The zero-order valence-corrected chi connectivity index (χ0v) is 16.9. The van der Waals surface area contributed by atoms with Gasteiger partial charge in [-0.1, -0.05) is 32.8 Å². The first kappa shape index (κ1) is 21.7. The van der Waals surface area contributed by atoms with Gasteiger partial charge in [0.25, 0.3) is 0 Å². The molecule has 3 atom stereocenters. The second-order valence-electron chi connectivity index (χ2n) is 8.13. The Balaban J connectivity index is 2.10. The summed E-state index contributed by atoms with van der Waals surface area (Å²) in [6.07, 6.45) is 4.82. The first-order chi connectivity index (χ1) is 13.1. The van der Waals surface area contributed by atoms with Crippen molar-refractivity contribution in [3.63, 3.8) is 0 Å². The zero-order valence-electron chi connectivity index (χ0n) is 16.9. The lowest BCUT2D eigenvalue weighted by molar-refractivity contribution is -0.141. The van der Waals surface area contributed by atoms with E-state index in [9.17, 15) is 14.7 Å². The van der Waals surface area contributed by atoms with E-state index >= 15 is 0 Å². The van der Waals surface area contributed by atoms with E-state index in [-0.39, 0.29) is 31.3 Å². The predicted octanol–water partition coefficient (Wildman–Crippen LogP) is 0.628. The zero-order chi connectivity index (χ0) is 21.1. The lowest BCUT2D eigenvalue weighted by Crippen LogP contribution is -2.54. The lowest BCUT2D eigenvalue weighted by Gasteiger charge is -2.32. The number of β-amino-alcohol motifs (C(OH)–C–C–N with tert-alkyl or cyclic N) is 1. The van der Waals surface area contributed by atoms with Crippen LogP contribution in [-0.2, 0) is 16.1 Å². The van der Waals surface area contributed by atoms with E-state index in [1.165, 1.54) is 12.0 Å². The van der Waals surface area contributed by atoms with Crippen molar-refractivity contribution in [2.24, 2.45) is 11.1 Å². The van der Waals surface area contributed by atoms with Crippen LogP contribution in [0.25, 0.3) is 0 Å². The summed E-state index contributed by atoms with van der Waals surface area (Å²) < 4.78 is 5.32. The van der Waals surface area contributed by atoms with Crippen LogP contribution in [0.4, 0.5) is 0 Å². The number of likely N-dealkylation sites (tertiary alicyclic amines) is 1. The number of hydrogen-bond donors (Lipinski definition) is 3. The highest BCUT2D eigenvalue weighted by molar-refractivity contribution is 5.90. The Kier molecular flexibility index (Phi) is 6.70. The molecular formula is C21H29N3O4. The Morgan fingerprint density at radius 2 is 2.14 bits per heavy atom. The van der Waals surface area contributed by atoms with Crippen LogP contribution in [-0.4, -0.2) is 53.7 Å². The topological polar surface area (TPSA) is 105 Å².